The van der Waals surface area contributed by atoms with Gasteiger partial charge in [-0.1, -0.05) is 6.58 Å². The highest BCUT2D eigenvalue weighted by molar-refractivity contribution is 6.01. The number of nitrogens with zero attached hydrogens (tertiary/aromatic N) is 3. The average Bonchev–Trinajstić information content (AvgIpc) is 3.38. The fourth-order valence-corrected chi connectivity index (χ4v) is 3.00. The van der Waals surface area contributed by atoms with Gasteiger partial charge in [-0.15, -0.1) is 0 Å². The molecule has 1 unspecified atom stereocenters. The normalized spacial score (nSPS) is 16.1. The predicted molar refractivity (Wildman–Crippen MR) is 103 cm³/mol. The molecule has 142 valence electrons. The molecule has 0 radical (unpaired) electrons. The average molecular weight is 368 g/mol. The summed E-state index contributed by atoms with van der Waals surface area (Å²) in [6, 6.07) is 6.87. The molecule has 0 bridgehead atoms. The summed E-state index contributed by atoms with van der Waals surface area (Å²) >= 11 is 0. The number of benzene rings is 1. The number of likely N-dealkylation sites (N-methyl/N-ethyl adjacent to an activating group) is 1. The van der Waals surface area contributed by atoms with Crippen LogP contribution in [0.3, 0.4) is 0 Å². The number of carbonyl (C=O) groups is 2. The fourth-order valence-electron chi connectivity index (χ4n) is 3.00. The van der Waals surface area contributed by atoms with E-state index in [1.54, 1.807) is 31.3 Å². The van der Waals surface area contributed by atoms with Crippen molar-refractivity contribution in [2.75, 3.05) is 31.7 Å². The zero-order valence-corrected chi connectivity index (χ0v) is 15.4. The van der Waals surface area contributed by atoms with Crippen molar-refractivity contribution in [1.82, 2.24) is 15.1 Å². The van der Waals surface area contributed by atoms with Gasteiger partial charge in [0.2, 0.25) is 5.91 Å². The second kappa shape index (κ2) is 8.64. The van der Waals surface area contributed by atoms with Crippen molar-refractivity contribution in [2.24, 2.45) is 0 Å². The van der Waals surface area contributed by atoms with Gasteiger partial charge in [-0.3, -0.25) is 14.3 Å². The zero-order valence-electron chi connectivity index (χ0n) is 15.4. The summed E-state index contributed by atoms with van der Waals surface area (Å²) in [5.41, 5.74) is 2.44. The topological polar surface area (TPSA) is 76.5 Å². The highest BCUT2D eigenvalue weighted by atomic mass is 16.5. The lowest BCUT2D eigenvalue weighted by molar-refractivity contribution is -0.113. The summed E-state index contributed by atoms with van der Waals surface area (Å²) in [6.07, 6.45) is 6.18. The van der Waals surface area contributed by atoms with Gasteiger partial charge in [0.15, 0.2) is 0 Å². The van der Waals surface area contributed by atoms with Crippen molar-refractivity contribution in [2.45, 2.75) is 18.9 Å². The molecule has 1 N–H and O–H groups in total. The maximum Gasteiger partial charge on any atom is 0.251 e. The summed E-state index contributed by atoms with van der Waals surface area (Å²) in [4.78, 5) is 25.3. The molecule has 1 aromatic carbocycles. The van der Waals surface area contributed by atoms with Gasteiger partial charge in [0, 0.05) is 43.6 Å². The third-order valence-corrected chi connectivity index (χ3v) is 4.70. The minimum Gasteiger partial charge on any atom is -0.381 e. The first-order valence-corrected chi connectivity index (χ1v) is 8.97. The Morgan fingerprint density at radius 1 is 1.41 bits per heavy atom. The molecule has 1 atom stereocenters. The number of amides is 2. The van der Waals surface area contributed by atoms with Gasteiger partial charge >= 0.3 is 0 Å². The van der Waals surface area contributed by atoms with Gasteiger partial charge in [0.1, 0.15) is 0 Å². The molecule has 0 saturated carbocycles. The van der Waals surface area contributed by atoms with Crippen LogP contribution in [0, 0.1) is 0 Å². The van der Waals surface area contributed by atoms with Crippen molar-refractivity contribution in [1.29, 1.82) is 0 Å². The van der Waals surface area contributed by atoms with E-state index in [1.165, 1.54) is 16.5 Å². The van der Waals surface area contributed by atoms with Gasteiger partial charge in [-0.25, -0.2) is 0 Å². The molecule has 1 saturated heterocycles. The molecular formula is C20H24N4O3. The van der Waals surface area contributed by atoms with Gasteiger partial charge < -0.3 is 15.0 Å². The van der Waals surface area contributed by atoms with E-state index in [2.05, 4.69) is 17.0 Å². The van der Waals surface area contributed by atoms with E-state index in [0.29, 0.717) is 30.3 Å². The highest BCUT2D eigenvalue weighted by Crippen LogP contribution is 2.24. The third kappa shape index (κ3) is 4.62. The minimum absolute atomic E-state index is 0.157. The molecule has 7 nitrogen and oxygen atoms in total. The van der Waals surface area contributed by atoms with Crippen molar-refractivity contribution >= 4 is 17.5 Å². The smallest absolute Gasteiger partial charge is 0.251 e. The SMILES string of the molecule is C=CC(=O)N(C)c1ccc(C(=O)NCCn2cc(C3CCOC3)cn2)cc1. The Labute approximate surface area is 158 Å². The van der Waals surface area contributed by atoms with Crippen LogP contribution in [0.25, 0.3) is 0 Å². The number of anilines is 1. The molecular weight excluding hydrogens is 344 g/mol. The summed E-state index contributed by atoms with van der Waals surface area (Å²) < 4.78 is 7.24. The van der Waals surface area contributed by atoms with E-state index in [1.807, 2.05) is 17.1 Å². The Hall–Kier alpha value is -2.93. The first-order chi connectivity index (χ1) is 13.1. The minimum atomic E-state index is -0.199. The fraction of sp³-hybridized carbons (Fsp3) is 0.350. The molecule has 27 heavy (non-hydrogen) atoms. The number of hydrogen-bond acceptors (Lipinski definition) is 4. The van der Waals surface area contributed by atoms with Crippen LogP contribution in [0.4, 0.5) is 5.69 Å². The standard InChI is InChI=1S/C20H24N4O3/c1-3-19(25)23(2)18-6-4-15(5-7-18)20(26)21-9-10-24-13-17(12-22-24)16-8-11-27-14-16/h3-7,12-13,16H,1,8-11,14H2,2H3,(H,21,26). The maximum absolute atomic E-state index is 12.3. The molecule has 0 spiro atoms. The monoisotopic (exact) mass is 368 g/mol. The van der Waals surface area contributed by atoms with Crippen molar-refractivity contribution in [3.63, 3.8) is 0 Å². The Bertz CT molecular complexity index is 807. The molecule has 2 heterocycles. The number of aromatic nitrogens is 2. The van der Waals surface area contributed by atoms with Gasteiger partial charge in [0.25, 0.3) is 5.91 Å². The van der Waals surface area contributed by atoms with E-state index < -0.39 is 0 Å². The van der Waals surface area contributed by atoms with Gasteiger partial charge in [0.05, 0.1) is 19.3 Å². The van der Waals surface area contributed by atoms with E-state index in [0.717, 1.165) is 19.6 Å². The van der Waals surface area contributed by atoms with Crippen molar-refractivity contribution in [3.05, 3.63) is 60.4 Å². The first kappa shape index (κ1) is 18.8. The molecule has 2 amide bonds. The van der Waals surface area contributed by atoms with Crippen molar-refractivity contribution < 1.29 is 14.3 Å². The van der Waals surface area contributed by atoms with Crippen LogP contribution in [0.15, 0.2) is 49.3 Å². The zero-order chi connectivity index (χ0) is 19.2. The molecule has 1 fully saturated rings. The second-order valence-corrected chi connectivity index (χ2v) is 6.50. The lowest BCUT2D eigenvalue weighted by atomic mass is 10.0. The number of carbonyl (C=O) groups excluding carboxylic acids is 2. The maximum atomic E-state index is 12.3. The van der Waals surface area contributed by atoms with Crippen LogP contribution in [0.2, 0.25) is 0 Å². The Kier molecular flexibility index (Phi) is 6.03. The highest BCUT2D eigenvalue weighted by Gasteiger charge is 2.19. The Balaban J connectivity index is 1.49. The molecule has 0 aliphatic carbocycles. The van der Waals surface area contributed by atoms with E-state index in [9.17, 15) is 9.59 Å². The van der Waals surface area contributed by atoms with Gasteiger partial charge in [-0.05, 0) is 42.3 Å². The van der Waals surface area contributed by atoms with E-state index in [-0.39, 0.29) is 11.8 Å². The number of hydrogen-bond donors (Lipinski definition) is 1. The van der Waals surface area contributed by atoms with Crippen LogP contribution in [0.5, 0.6) is 0 Å². The van der Waals surface area contributed by atoms with Crippen LogP contribution in [0.1, 0.15) is 28.3 Å². The molecule has 3 rings (SSSR count). The third-order valence-electron chi connectivity index (χ3n) is 4.70. The lowest BCUT2D eigenvalue weighted by Gasteiger charge is -2.15. The largest absolute Gasteiger partial charge is 0.381 e. The summed E-state index contributed by atoms with van der Waals surface area (Å²) in [6.45, 7) is 6.12. The number of ether oxygens (including phenoxy) is 1. The predicted octanol–water partition coefficient (Wildman–Crippen LogP) is 1.97. The summed E-state index contributed by atoms with van der Waals surface area (Å²) in [7, 11) is 1.66. The lowest BCUT2D eigenvalue weighted by Crippen LogP contribution is -2.27. The number of nitrogens with one attached hydrogen (secondary N) is 1. The molecule has 2 aromatic rings. The van der Waals surface area contributed by atoms with Crippen LogP contribution in [-0.4, -0.2) is 48.4 Å². The van der Waals surface area contributed by atoms with Gasteiger partial charge in [-0.2, -0.15) is 5.10 Å². The summed E-state index contributed by atoms with van der Waals surface area (Å²) in [5, 5.41) is 7.24. The molecule has 1 aliphatic rings. The van der Waals surface area contributed by atoms with Crippen LogP contribution < -0.4 is 10.2 Å². The van der Waals surface area contributed by atoms with Crippen LogP contribution >= 0.6 is 0 Å². The molecule has 7 heteroatoms. The summed E-state index contributed by atoms with van der Waals surface area (Å²) in [5.74, 6) is 0.0729. The first-order valence-electron chi connectivity index (χ1n) is 8.97. The molecule has 1 aromatic heterocycles. The Morgan fingerprint density at radius 2 is 2.19 bits per heavy atom. The van der Waals surface area contributed by atoms with E-state index in [4.69, 9.17) is 4.74 Å². The van der Waals surface area contributed by atoms with E-state index >= 15 is 0 Å². The van der Waals surface area contributed by atoms with Crippen molar-refractivity contribution in [3.8, 4) is 0 Å². The Morgan fingerprint density at radius 3 is 2.85 bits per heavy atom. The quantitative estimate of drug-likeness (QED) is 0.758. The number of rotatable bonds is 7. The van der Waals surface area contributed by atoms with Crippen LogP contribution in [-0.2, 0) is 16.1 Å². The second-order valence-electron chi connectivity index (χ2n) is 6.50. The molecule has 1 aliphatic heterocycles.